The van der Waals surface area contributed by atoms with Gasteiger partial charge >= 0.3 is 0 Å². The molecule has 0 aromatic heterocycles. The predicted molar refractivity (Wildman–Crippen MR) is 57.3 cm³/mol. The normalized spacial score (nSPS) is 23.8. The van der Waals surface area contributed by atoms with Gasteiger partial charge in [0.1, 0.15) is 6.29 Å². The maximum Gasteiger partial charge on any atom is 0.195 e. The van der Waals surface area contributed by atoms with Crippen LogP contribution in [0.2, 0.25) is 18.1 Å². The third-order valence-electron chi connectivity index (χ3n) is 3.20. The van der Waals surface area contributed by atoms with E-state index in [0.29, 0.717) is 0 Å². The molecule has 1 aliphatic heterocycles. The lowest BCUT2D eigenvalue weighted by Crippen LogP contribution is -2.39. The molecule has 2 nitrogen and oxygen atoms in total. The van der Waals surface area contributed by atoms with E-state index in [1.54, 1.807) is 0 Å². The van der Waals surface area contributed by atoms with Crippen molar-refractivity contribution in [2.45, 2.75) is 58.0 Å². The van der Waals surface area contributed by atoms with Gasteiger partial charge in [-0.3, -0.25) is 0 Å². The molecule has 0 spiro atoms. The van der Waals surface area contributed by atoms with E-state index < -0.39 is 8.32 Å². The molecule has 0 amide bonds. The van der Waals surface area contributed by atoms with Gasteiger partial charge in [-0.1, -0.05) is 20.8 Å². The van der Waals surface area contributed by atoms with Crippen LogP contribution < -0.4 is 0 Å². The van der Waals surface area contributed by atoms with Gasteiger partial charge in [-0.05, 0) is 31.0 Å². The number of hydrogen-bond acceptors (Lipinski definition) is 2. The molecule has 1 rings (SSSR count). The summed E-state index contributed by atoms with van der Waals surface area (Å²) in [5.41, 5.74) is 0. The molecule has 0 bridgehead atoms. The molecule has 3 heteroatoms. The van der Waals surface area contributed by atoms with Crippen LogP contribution in [-0.2, 0) is 9.16 Å². The molecule has 1 heterocycles. The standard InChI is InChI=1S/C10H22O2Si/c1-4-13(5-2,6-3)12-10-8-7-9-11-10/h10H,4-9H2,1-3H3. The lowest BCUT2D eigenvalue weighted by atomic mass is 10.4. The number of rotatable bonds is 5. The summed E-state index contributed by atoms with van der Waals surface area (Å²) in [4.78, 5) is 0. The van der Waals surface area contributed by atoms with Crippen LogP contribution in [0.4, 0.5) is 0 Å². The molecule has 0 aromatic carbocycles. The fraction of sp³-hybridized carbons (Fsp3) is 1.00. The Labute approximate surface area is 82.7 Å². The third-order valence-corrected chi connectivity index (χ3v) is 7.83. The highest BCUT2D eigenvalue weighted by atomic mass is 28.4. The topological polar surface area (TPSA) is 18.5 Å². The predicted octanol–water partition coefficient (Wildman–Crippen LogP) is 3.14. The van der Waals surface area contributed by atoms with E-state index >= 15 is 0 Å². The molecule has 0 N–H and O–H groups in total. The Balaban J connectivity index is 2.44. The summed E-state index contributed by atoms with van der Waals surface area (Å²) in [6, 6.07) is 3.67. The molecule has 0 radical (unpaired) electrons. The van der Waals surface area contributed by atoms with Crippen LogP contribution in [0, 0.1) is 0 Å². The minimum absolute atomic E-state index is 0.131. The maximum atomic E-state index is 6.16. The highest BCUT2D eigenvalue weighted by Gasteiger charge is 2.33. The highest BCUT2D eigenvalue weighted by Crippen LogP contribution is 2.26. The Morgan fingerprint density at radius 2 is 1.85 bits per heavy atom. The first-order chi connectivity index (χ1) is 6.26. The fourth-order valence-corrected chi connectivity index (χ4v) is 4.66. The average Bonchev–Trinajstić information content (AvgIpc) is 2.67. The average molecular weight is 202 g/mol. The van der Waals surface area contributed by atoms with Crippen LogP contribution >= 0.6 is 0 Å². The van der Waals surface area contributed by atoms with Gasteiger partial charge in [-0.2, -0.15) is 0 Å². The second-order valence-electron chi connectivity index (χ2n) is 3.80. The van der Waals surface area contributed by atoms with Gasteiger partial charge in [0, 0.05) is 6.61 Å². The molecular weight excluding hydrogens is 180 g/mol. The molecule has 13 heavy (non-hydrogen) atoms. The SMILES string of the molecule is CC[Si](CC)(CC)OC1CCCO1. The van der Waals surface area contributed by atoms with Gasteiger partial charge in [-0.25, -0.2) is 0 Å². The van der Waals surface area contributed by atoms with Crippen molar-refractivity contribution >= 4 is 8.32 Å². The molecule has 0 aliphatic carbocycles. The minimum Gasteiger partial charge on any atom is -0.392 e. The van der Waals surface area contributed by atoms with E-state index in [-0.39, 0.29) is 6.29 Å². The lowest BCUT2D eigenvalue weighted by molar-refractivity contribution is -0.0471. The first-order valence-corrected chi connectivity index (χ1v) is 8.08. The first kappa shape index (κ1) is 11.2. The molecule has 78 valence electrons. The number of hydrogen-bond donors (Lipinski definition) is 0. The summed E-state index contributed by atoms with van der Waals surface area (Å²) in [5.74, 6) is 0. The Kier molecular flexibility index (Phi) is 4.42. The van der Waals surface area contributed by atoms with E-state index in [1.807, 2.05) is 0 Å². The second-order valence-corrected chi connectivity index (χ2v) is 8.53. The van der Waals surface area contributed by atoms with Gasteiger partial charge in [0.25, 0.3) is 0 Å². The largest absolute Gasteiger partial charge is 0.392 e. The zero-order chi connectivity index (χ0) is 9.73. The zero-order valence-electron chi connectivity index (χ0n) is 9.14. The summed E-state index contributed by atoms with van der Waals surface area (Å²) < 4.78 is 11.7. The van der Waals surface area contributed by atoms with Gasteiger partial charge in [0.2, 0.25) is 0 Å². The van der Waals surface area contributed by atoms with Crippen molar-refractivity contribution < 1.29 is 9.16 Å². The monoisotopic (exact) mass is 202 g/mol. The fourth-order valence-electron chi connectivity index (χ4n) is 1.92. The summed E-state index contributed by atoms with van der Waals surface area (Å²) in [7, 11) is -1.41. The maximum absolute atomic E-state index is 6.16. The Morgan fingerprint density at radius 1 is 1.23 bits per heavy atom. The summed E-state index contributed by atoms with van der Waals surface area (Å²) in [5, 5.41) is 0. The molecule has 0 aromatic rings. The van der Waals surface area contributed by atoms with Gasteiger partial charge in [0.05, 0.1) is 0 Å². The molecule has 1 saturated heterocycles. The van der Waals surface area contributed by atoms with E-state index in [9.17, 15) is 0 Å². The molecule has 0 saturated carbocycles. The van der Waals surface area contributed by atoms with Crippen molar-refractivity contribution in [3.8, 4) is 0 Å². The van der Waals surface area contributed by atoms with Crippen molar-refractivity contribution in [2.24, 2.45) is 0 Å². The van der Waals surface area contributed by atoms with E-state index in [0.717, 1.165) is 13.0 Å². The Hall–Kier alpha value is 0.137. The van der Waals surface area contributed by atoms with Crippen molar-refractivity contribution in [1.82, 2.24) is 0 Å². The van der Waals surface area contributed by atoms with Crippen molar-refractivity contribution in [2.75, 3.05) is 6.61 Å². The lowest BCUT2D eigenvalue weighted by Gasteiger charge is -2.30. The third kappa shape index (κ3) is 2.79. The Bertz CT molecular complexity index is 132. The van der Waals surface area contributed by atoms with Crippen LogP contribution in [0.25, 0.3) is 0 Å². The minimum atomic E-state index is -1.41. The van der Waals surface area contributed by atoms with Gasteiger partial charge < -0.3 is 9.16 Å². The van der Waals surface area contributed by atoms with E-state index in [4.69, 9.17) is 9.16 Å². The zero-order valence-corrected chi connectivity index (χ0v) is 10.1. The van der Waals surface area contributed by atoms with E-state index in [2.05, 4.69) is 20.8 Å². The molecular formula is C10H22O2Si. The van der Waals surface area contributed by atoms with Gasteiger partial charge in [-0.15, -0.1) is 0 Å². The van der Waals surface area contributed by atoms with Crippen molar-refractivity contribution in [1.29, 1.82) is 0 Å². The molecule has 1 aliphatic rings. The van der Waals surface area contributed by atoms with Crippen molar-refractivity contribution in [3.05, 3.63) is 0 Å². The Morgan fingerprint density at radius 3 is 2.23 bits per heavy atom. The van der Waals surface area contributed by atoms with Crippen LogP contribution in [0.5, 0.6) is 0 Å². The van der Waals surface area contributed by atoms with Crippen LogP contribution in [0.1, 0.15) is 33.6 Å². The quantitative estimate of drug-likeness (QED) is 0.638. The summed E-state index contributed by atoms with van der Waals surface area (Å²) >= 11 is 0. The smallest absolute Gasteiger partial charge is 0.195 e. The van der Waals surface area contributed by atoms with Crippen LogP contribution in [-0.4, -0.2) is 21.2 Å². The number of ether oxygens (including phenoxy) is 1. The van der Waals surface area contributed by atoms with Crippen molar-refractivity contribution in [3.63, 3.8) is 0 Å². The van der Waals surface area contributed by atoms with Gasteiger partial charge in [0.15, 0.2) is 8.32 Å². The molecule has 1 fully saturated rings. The van der Waals surface area contributed by atoms with Crippen LogP contribution in [0.15, 0.2) is 0 Å². The first-order valence-electron chi connectivity index (χ1n) is 5.55. The molecule has 1 unspecified atom stereocenters. The summed E-state index contributed by atoms with van der Waals surface area (Å²) in [6.07, 6.45) is 2.41. The highest BCUT2D eigenvalue weighted by molar-refractivity contribution is 6.73. The van der Waals surface area contributed by atoms with E-state index in [1.165, 1.54) is 24.6 Å². The van der Waals surface area contributed by atoms with Crippen LogP contribution in [0.3, 0.4) is 0 Å². The second kappa shape index (κ2) is 5.13. The molecule has 1 atom stereocenters. The summed E-state index contributed by atoms with van der Waals surface area (Å²) in [6.45, 7) is 7.67.